The molecule has 21 nitrogen and oxygen atoms in total. The number of esters is 5. The van der Waals surface area contributed by atoms with Crippen molar-refractivity contribution in [3.63, 3.8) is 0 Å². The summed E-state index contributed by atoms with van der Waals surface area (Å²) in [6.07, 6.45) is -1.16. The van der Waals surface area contributed by atoms with Gasteiger partial charge in [-0.3, -0.25) is 19.3 Å². The van der Waals surface area contributed by atoms with Crippen LogP contribution in [0.2, 0.25) is 0 Å². The van der Waals surface area contributed by atoms with Crippen molar-refractivity contribution in [3.8, 4) is 0 Å². The maximum atomic E-state index is 16.2. The largest absolute Gasteiger partial charge is 0.458 e. The van der Waals surface area contributed by atoms with Gasteiger partial charge < -0.3 is 52.6 Å². The molecule has 0 N–H and O–H groups in total. The van der Waals surface area contributed by atoms with Gasteiger partial charge in [-0.25, -0.2) is 37.5 Å². The molecule has 2 heterocycles. The summed E-state index contributed by atoms with van der Waals surface area (Å²) in [7, 11) is 5.22. The van der Waals surface area contributed by atoms with Gasteiger partial charge in [0.1, 0.15) is 47.7 Å². The third kappa shape index (κ3) is 24.9. The number of amides is 4. The van der Waals surface area contributed by atoms with E-state index in [0.717, 1.165) is 93.2 Å². The molecule has 2 aliphatic heterocycles. The highest BCUT2D eigenvalue weighted by molar-refractivity contribution is 5.93. The van der Waals surface area contributed by atoms with Crippen molar-refractivity contribution < 1.29 is 89.8 Å². The number of hydrogen-bond acceptors (Lipinski definition) is 17. The number of likely N-dealkylation sites (N-methyl/N-ethyl adjacent to an activating group) is 4. The fourth-order valence-corrected chi connectivity index (χ4v) is 12.4. The Labute approximate surface area is 582 Å². The highest BCUT2D eigenvalue weighted by atomic mass is 19.1. The summed E-state index contributed by atoms with van der Waals surface area (Å²) >= 11 is 0. The van der Waals surface area contributed by atoms with Crippen molar-refractivity contribution in [1.82, 2.24) is 19.6 Å². The van der Waals surface area contributed by atoms with Crippen LogP contribution in [0.25, 0.3) is 0 Å². The topological polar surface area (TPSA) is 240 Å². The Kier molecular flexibility index (Phi) is 28.4. The first-order valence-electron chi connectivity index (χ1n) is 35.1. The van der Waals surface area contributed by atoms with E-state index in [-0.39, 0.29) is 56.5 Å². The SMILES string of the molecule is C[C@@H](OC(=O)[C@H](CC1CC1)N(C)C(=O)[C@@H](Cc1ccc(C2CCOCC2)cc1)OC(=O)[C@H](CC(C)(C)F)N(C)C(=O)[C@@H](C)OC(=O)[C@H](CCC1CC1)N(C)C(=O)[C@@H](CCc1ccc(C2CCOCC2)cc1)OC(=O)[C@H](CC(C)(C)F)N(C)C(=O)OC(C)(C)C)C(=O)OCc1ccccc1. The highest BCUT2D eigenvalue weighted by Gasteiger charge is 2.45. The molecule has 546 valence electrons. The predicted octanol–water partition coefficient (Wildman–Crippen LogP) is 11.1. The second-order valence-electron chi connectivity index (χ2n) is 29.6. The number of aryl methyl sites for hydroxylation is 1. The predicted molar refractivity (Wildman–Crippen MR) is 364 cm³/mol. The molecule has 3 aromatic carbocycles. The van der Waals surface area contributed by atoms with Gasteiger partial charge in [0.15, 0.2) is 24.4 Å². The second kappa shape index (κ2) is 35.7. The van der Waals surface area contributed by atoms with Gasteiger partial charge in [0.05, 0.1) is 0 Å². The molecule has 0 aromatic heterocycles. The number of benzene rings is 3. The van der Waals surface area contributed by atoms with Crippen molar-refractivity contribution in [3.05, 3.63) is 107 Å². The molecule has 4 aliphatic rings. The smallest absolute Gasteiger partial charge is 0.410 e. The van der Waals surface area contributed by atoms with Gasteiger partial charge in [0, 0.05) is 73.9 Å². The molecule has 0 radical (unpaired) electrons. The maximum Gasteiger partial charge on any atom is 0.410 e. The van der Waals surface area contributed by atoms with Crippen LogP contribution in [-0.4, -0.2) is 193 Å². The lowest BCUT2D eigenvalue weighted by atomic mass is 9.90. The lowest BCUT2D eigenvalue weighted by Gasteiger charge is -2.35. The van der Waals surface area contributed by atoms with Gasteiger partial charge in [-0.1, -0.05) is 105 Å². The molecule has 0 bridgehead atoms. The van der Waals surface area contributed by atoms with Crippen molar-refractivity contribution in [2.45, 2.75) is 249 Å². The molecule has 3 aromatic rings. The van der Waals surface area contributed by atoms with Gasteiger partial charge in [0.2, 0.25) is 0 Å². The third-order valence-corrected chi connectivity index (χ3v) is 18.9. The van der Waals surface area contributed by atoms with Crippen LogP contribution in [0.3, 0.4) is 0 Å². The van der Waals surface area contributed by atoms with E-state index in [1.54, 1.807) is 45.0 Å². The van der Waals surface area contributed by atoms with Crippen LogP contribution in [0.1, 0.15) is 192 Å². The van der Waals surface area contributed by atoms with E-state index < -0.39 is 132 Å². The molecular weight excluding hydrogens is 1280 g/mol. The number of alkyl halides is 2. The van der Waals surface area contributed by atoms with Crippen molar-refractivity contribution in [2.75, 3.05) is 54.6 Å². The minimum Gasteiger partial charge on any atom is -0.458 e. The lowest BCUT2D eigenvalue weighted by molar-refractivity contribution is -0.176. The third-order valence-electron chi connectivity index (χ3n) is 18.9. The van der Waals surface area contributed by atoms with Crippen molar-refractivity contribution >= 4 is 53.7 Å². The van der Waals surface area contributed by atoms with E-state index in [4.69, 9.17) is 37.9 Å². The zero-order valence-electron chi connectivity index (χ0n) is 60.3. The zero-order chi connectivity index (χ0) is 72.5. The average molecular weight is 1390 g/mol. The number of halogens is 2. The molecule has 0 unspecified atom stereocenters. The summed E-state index contributed by atoms with van der Waals surface area (Å²) in [5.74, 6) is -6.79. The number of rotatable bonds is 34. The summed E-state index contributed by atoms with van der Waals surface area (Å²) in [6, 6.07) is 18.4. The number of carbonyl (C=O) groups excluding carboxylic acids is 9. The summed E-state index contributed by atoms with van der Waals surface area (Å²) in [4.78, 5) is 134. The number of carbonyl (C=O) groups is 9. The molecule has 23 heteroatoms. The first-order chi connectivity index (χ1) is 46.6. The van der Waals surface area contributed by atoms with E-state index in [2.05, 4.69) is 0 Å². The number of nitrogens with zero attached hydrogens (tertiary/aromatic N) is 4. The Balaban J connectivity index is 1.12. The van der Waals surface area contributed by atoms with E-state index in [9.17, 15) is 33.6 Å². The van der Waals surface area contributed by atoms with E-state index >= 15 is 18.4 Å². The second-order valence-corrected chi connectivity index (χ2v) is 29.6. The fraction of sp³-hybridized carbons (Fsp3) is 0.645. The van der Waals surface area contributed by atoms with Crippen molar-refractivity contribution in [2.24, 2.45) is 11.8 Å². The summed E-state index contributed by atoms with van der Waals surface area (Å²) in [5, 5.41) is 0. The monoisotopic (exact) mass is 1380 g/mol. The highest BCUT2D eigenvalue weighted by Crippen LogP contribution is 2.37. The molecule has 0 spiro atoms. The van der Waals surface area contributed by atoms with E-state index in [0.29, 0.717) is 44.3 Å². The first kappa shape index (κ1) is 78.8. The van der Waals surface area contributed by atoms with E-state index in [1.165, 1.54) is 69.7 Å². The standard InChI is InChI=1S/C76H106F2N4O17/c1-48(95-69(87)59(33-27-50-19-20-50)79(10)66(84)63(34-28-51-23-29-55(30-24-51)57-35-39-92-40-36-57)97-72(90)62(46-76(8,9)78)82(13)73(91)99-74(3,4)5)65(83)81(12)61(45-75(6,7)77)71(89)98-64(44-53-25-31-56(32-26-53)58-37-41-93-42-38-58)67(85)80(11)60(43-52-21-22-52)70(88)96-49(2)68(86)94-47-54-17-15-14-16-18-54/h14-18,23-26,29-32,48-50,52,57-64H,19-22,27-28,33-47H2,1-13H3/t48-,49-,59+,60+,61+,62+,63-,64-/m1/s1. The van der Waals surface area contributed by atoms with Gasteiger partial charge in [-0.2, -0.15) is 0 Å². The van der Waals surface area contributed by atoms with Crippen LogP contribution in [0, 0.1) is 11.8 Å². The summed E-state index contributed by atoms with van der Waals surface area (Å²) < 4.78 is 77.8. The van der Waals surface area contributed by atoms with Crippen LogP contribution in [0.15, 0.2) is 78.9 Å². The Morgan fingerprint density at radius 3 is 1.42 bits per heavy atom. The number of hydrogen-bond donors (Lipinski definition) is 0. The van der Waals surface area contributed by atoms with Crippen molar-refractivity contribution in [1.29, 1.82) is 0 Å². The van der Waals surface area contributed by atoms with Crippen LogP contribution >= 0.6 is 0 Å². The van der Waals surface area contributed by atoms with E-state index in [1.807, 2.05) is 54.6 Å². The summed E-state index contributed by atoms with van der Waals surface area (Å²) in [6.45, 7) is 14.9. The molecule has 8 atom stereocenters. The maximum absolute atomic E-state index is 16.2. The molecule has 2 aliphatic carbocycles. The fourth-order valence-electron chi connectivity index (χ4n) is 12.4. The minimum absolute atomic E-state index is 0.0440. The molecule has 99 heavy (non-hydrogen) atoms. The van der Waals surface area contributed by atoms with Gasteiger partial charge >= 0.3 is 35.9 Å². The van der Waals surface area contributed by atoms with Crippen LogP contribution < -0.4 is 0 Å². The van der Waals surface area contributed by atoms with Crippen LogP contribution in [-0.2, 0) is 95.7 Å². The quantitative estimate of drug-likeness (QED) is 0.0399. The Morgan fingerprint density at radius 1 is 0.475 bits per heavy atom. The minimum atomic E-state index is -2.15. The molecular formula is C76H106F2N4O17. The zero-order valence-corrected chi connectivity index (χ0v) is 60.3. The molecule has 7 rings (SSSR count). The molecule has 4 amide bonds. The van der Waals surface area contributed by atoms with Gasteiger partial charge in [-0.15, -0.1) is 0 Å². The molecule has 4 fully saturated rings. The van der Waals surface area contributed by atoms with Crippen LogP contribution in [0.5, 0.6) is 0 Å². The Hall–Kier alpha value is -7.53. The van der Waals surface area contributed by atoms with Gasteiger partial charge in [-0.05, 0) is 172 Å². The average Bonchev–Trinajstić information content (AvgIpc) is 1.64. The summed E-state index contributed by atoms with van der Waals surface area (Å²) in [5.41, 5.74) is -0.864. The van der Waals surface area contributed by atoms with Crippen LogP contribution in [0.4, 0.5) is 13.6 Å². The Morgan fingerprint density at radius 2 is 0.919 bits per heavy atom. The number of ether oxygens (including phenoxy) is 8. The molecule has 2 saturated carbocycles. The Bertz CT molecular complexity index is 3180. The normalized spacial score (nSPS) is 17.9. The molecule has 2 saturated heterocycles. The lowest BCUT2D eigenvalue weighted by Crippen LogP contribution is -2.54. The first-order valence-corrected chi connectivity index (χ1v) is 35.1. The van der Waals surface area contributed by atoms with Gasteiger partial charge in [0.25, 0.3) is 17.7 Å².